The van der Waals surface area contributed by atoms with E-state index < -0.39 is 83.4 Å². The summed E-state index contributed by atoms with van der Waals surface area (Å²) < 4.78 is 0. The van der Waals surface area contributed by atoms with Crippen LogP contribution in [0, 0.1) is 5.92 Å². The van der Waals surface area contributed by atoms with Gasteiger partial charge in [0, 0.05) is 35.6 Å². The summed E-state index contributed by atoms with van der Waals surface area (Å²) >= 11 is 0. The number of Topliss-reactive ketones (excluding diaryl/α,β-unsaturated/α-hetero) is 1. The van der Waals surface area contributed by atoms with Crippen molar-refractivity contribution in [2.24, 2.45) is 11.7 Å². The van der Waals surface area contributed by atoms with E-state index >= 15 is 0 Å². The number of nitrogens with two attached hydrogens (primary N) is 1. The summed E-state index contributed by atoms with van der Waals surface area (Å²) in [4.78, 5) is 91.9. The van der Waals surface area contributed by atoms with Crippen molar-refractivity contribution in [3.63, 3.8) is 0 Å². The van der Waals surface area contributed by atoms with Crippen molar-refractivity contribution in [1.29, 1.82) is 0 Å². The third kappa shape index (κ3) is 7.39. The van der Waals surface area contributed by atoms with Crippen molar-refractivity contribution in [2.45, 2.75) is 76.3 Å². The lowest BCUT2D eigenvalue weighted by atomic mass is 9.83. The molecule has 6 bridgehead atoms. The molecule has 4 rings (SSSR count). The van der Waals surface area contributed by atoms with E-state index in [1.807, 2.05) is 0 Å². The topological polar surface area (TPSA) is 266 Å². The summed E-state index contributed by atoms with van der Waals surface area (Å²) in [5.74, 6) is -8.20. The predicted molar refractivity (Wildman–Crippen MR) is 173 cm³/mol. The third-order valence-corrected chi connectivity index (χ3v) is 8.67. The number of fused-ring (bicyclic) bond motifs is 3. The number of aliphatic hydroxyl groups excluding tert-OH is 1. The molecule has 0 radical (unpaired) electrons. The number of carbonyl (C=O) groups is 7. The first-order chi connectivity index (χ1) is 23.1. The molecular weight excluding hydrogens is 640 g/mol. The summed E-state index contributed by atoms with van der Waals surface area (Å²) in [6.45, 7) is 5.06. The molecule has 49 heavy (non-hydrogen) atoms. The van der Waals surface area contributed by atoms with Crippen LogP contribution in [0.2, 0.25) is 0 Å². The largest absolute Gasteiger partial charge is 0.507 e. The van der Waals surface area contributed by atoms with E-state index in [4.69, 9.17) is 5.73 Å². The highest BCUT2D eigenvalue weighted by Gasteiger charge is 2.56. The van der Waals surface area contributed by atoms with Crippen LogP contribution in [-0.4, -0.2) is 87.3 Å². The molecule has 2 aliphatic rings. The van der Waals surface area contributed by atoms with Crippen LogP contribution in [0.25, 0.3) is 11.1 Å². The number of aromatic hydroxyl groups is 1. The van der Waals surface area contributed by atoms with E-state index in [0.29, 0.717) is 18.4 Å². The monoisotopic (exact) mass is 680 g/mol. The molecule has 10 N–H and O–H groups in total. The predicted octanol–water partition coefficient (Wildman–Crippen LogP) is -1.41. The van der Waals surface area contributed by atoms with Crippen molar-refractivity contribution in [2.75, 3.05) is 11.9 Å². The van der Waals surface area contributed by atoms with Gasteiger partial charge in [0.25, 0.3) is 11.8 Å². The molecule has 2 heterocycles. The number of aliphatic hydroxyl groups is 2. The molecule has 0 fully saturated rings. The molecule has 6 amide bonds. The van der Waals surface area contributed by atoms with Crippen molar-refractivity contribution < 1.29 is 48.9 Å². The zero-order valence-corrected chi connectivity index (χ0v) is 27.2. The number of hydrogen-bond acceptors (Lipinski definition) is 10. The molecule has 0 spiro atoms. The fraction of sp³-hybridized carbons (Fsp3) is 0.424. The second-order valence-corrected chi connectivity index (χ2v) is 12.2. The van der Waals surface area contributed by atoms with E-state index in [1.165, 1.54) is 36.4 Å². The number of ketones is 1. The summed E-state index contributed by atoms with van der Waals surface area (Å²) in [6, 6.07) is 3.15. The van der Waals surface area contributed by atoms with Crippen LogP contribution < -0.4 is 32.3 Å². The van der Waals surface area contributed by atoms with Crippen LogP contribution in [0.1, 0.15) is 51.2 Å². The van der Waals surface area contributed by atoms with Gasteiger partial charge in [0.2, 0.25) is 29.4 Å². The minimum absolute atomic E-state index is 0.0130. The molecule has 16 nitrogen and oxygen atoms in total. The number of amides is 6. The number of benzene rings is 2. The Balaban J connectivity index is 1.92. The van der Waals surface area contributed by atoms with Crippen molar-refractivity contribution >= 4 is 46.9 Å². The highest BCUT2D eigenvalue weighted by atomic mass is 16.4. The first-order valence-corrected chi connectivity index (χ1v) is 15.8. The van der Waals surface area contributed by atoms with Crippen LogP contribution in [-0.2, 0) is 45.6 Å². The molecular formula is C33H40N6O10. The lowest BCUT2D eigenvalue weighted by Crippen LogP contribution is -2.64. The maximum Gasteiger partial charge on any atom is 0.288 e. The minimum atomic E-state index is -2.81. The van der Waals surface area contributed by atoms with E-state index in [2.05, 4.69) is 26.6 Å². The Bertz CT molecular complexity index is 1700. The van der Waals surface area contributed by atoms with Crippen molar-refractivity contribution in [1.82, 2.24) is 21.3 Å². The molecule has 0 saturated heterocycles. The standard InChI is InChI=1S/C33H40N6O10/c1-4-11-35-30(46)25-27(43)33(49)19-8-6-7-17(24(19)39-32(33)48)18-12-16(9-10-22(18)40)13-20(37-31(47)26(42)15(3)5-2)28(44)36-21(14-23(34)41)29(45)38-25/h6-10,12,15,20-21,25,27,40,43,49H,4-5,11,13-14H2,1-3H3,(H2,34,41)(H,35,46)(H,36,44)(H,37,47)(H,38,45)(H,39,48)/t15-,20-,21+,25+,27-,33-/m0/s1. The lowest BCUT2D eigenvalue weighted by Gasteiger charge is -2.33. The molecule has 0 saturated carbocycles. The van der Waals surface area contributed by atoms with Gasteiger partial charge >= 0.3 is 0 Å². The number of para-hydroxylation sites is 1. The second-order valence-electron chi connectivity index (χ2n) is 12.2. The lowest BCUT2D eigenvalue weighted by molar-refractivity contribution is -0.156. The van der Waals surface area contributed by atoms with Gasteiger partial charge in [-0.2, -0.15) is 0 Å². The minimum Gasteiger partial charge on any atom is -0.507 e. The Morgan fingerprint density at radius 1 is 1.04 bits per heavy atom. The van der Waals surface area contributed by atoms with Crippen molar-refractivity contribution in [3.8, 4) is 16.9 Å². The maximum atomic E-state index is 13.7. The number of phenolic OH excluding ortho intramolecular Hbond substituents is 1. The van der Waals surface area contributed by atoms with Gasteiger partial charge in [0.15, 0.2) is 5.60 Å². The Kier molecular flexibility index (Phi) is 11.0. The Morgan fingerprint density at radius 3 is 2.41 bits per heavy atom. The fourth-order valence-corrected chi connectivity index (χ4v) is 5.69. The zero-order valence-electron chi connectivity index (χ0n) is 27.2. The number of hydrogen-bond donors (Lipinski definition) is 9. The number of primary amides is 1. The quantitative estimate of drug-likeness (QED) is 0.140. The maximum absolute atomic E-state index is 13.7. The first-order valence-electron chi connectivity index (χ1n) is 15.8. The smallest absolute Gasteiger partial charge is 0.288 e. The summed E-state index contributed by atoms with van der Waals surface area (Å²) in [5.41, 5.74) is 3.04. The first kappa shape index (κ1) is 36.5. The van der Waals surface area contributed by atoms with Gasteiger partial charge in [0.05, 0.1) is 12.1 Å². The Labute approximate surface area is 281 Å². The van der Waals surface area contributed by atoms with Gasteiger partial charge in [-0.25, -0.2) is 0 Å². The van der Waals surface area contributed by atoms with E-state index in [-0.39, 0.29) is 41.1 Å². The number of nitrogens with one attached hydrogen (secondary N) is 5. The van der Waals surface area contributed by atoms with Gasteiger partial charge in [-0.05, 0) is 30.5 Å². The van der Waals surface area contributed by atoms with E-state index in [9.17, 15) is 48.9 Å². The number of phenols is 1. The molecule has 262 valence electrons. The molecule has 2 aromatic carbocycles. The molecule has 6 atom stereocenters. The highest BCUT2D eigenvalue weighted by molar-refractivity contribution is 6.37. The molecule has 16 heteroatoms. The highest BCUT2D eigenvalue weighted by Crippen LogP contribution is 2.46. The van der Waals surface area contributed by atoms with Gasteiger partial charge < -0.3 is 47.6 Å². The van der Waals surface area contributed by atoms with Gasteiger partial charge in [0.1, 0.15) is 30.0 Å². The summed E-state index contributed by atoms with van der Waals surface area (Å²) in [6.07, 6.45) is -2.63. The van der Waals surface area contributed by atoms with Gasteiger partial charge in [-0.15, -0.1) is 0 Å². The van der Waals surface area contributed by atoms with E-state index in [1.54, 1.807) is 20.8 Å². The van der Waals surface area contributed by atoms with Gasteiger partial charge in [-0.1, -0.05) is 45.0 Å². The second kappa shape index (κ2) is 14.8. The Hall–Kier alpha value is -5.35. The van der Waals surface area contributed by atoms with Crippen LogP contribution in [0.15, 0.2) is 36.4 Å². The van der Waals surface area contributed by atoms with Crippen LogP contribution in [0.5, 0.6) is 5.75 Å². The Morgan fingerprint density at radius 2 is 1.76 bits per heavy atom. The number of carbonyl (C=O) groups excluding carboxylic acids is 7. The SMILES string of the molecule is CCCNC(=O)[C@@H]1NC(=O)[C@@H](CC(N)=O)NC(=O)[C@@H](NC(=O)C(=O)[C@@H](C)CC)Cc2ccc(O)c(c2)-c2cccc3c2NC(=O)[C@@]3(O)[C@H]1O. The average molecular weight is 681 g/mol. The molecule has 0 aliphatic carbocycles. The number of rotatable bonds is 9. The fourth-order valence-electron chi connectivity index (χ4n) is 5.69. The van der Waals surface area contributed by atoms with Gasteiger partial charge in [-0.3, -0.25) is 33.6 Å². The van der Waals surface area contributed by atoms with Crippen LogP contribution in [0.4, 0.5) is 5.69 Å². The third-order valence-electron chi connectivity index (χ3n) is 8.67. The zero-order chi connectivity index (χ0) is 36.2. The molecule has 2 aliphatic heterocycles. The van der Waals surface area contributed by atoms with Crippen LogP contribution >= 0.6 is 0 Å². The molecule has 2 aromatic rings. The van der Waals surface area contributed by atoms with Crippen LogP contribution in [0.3, 0.4) is 0 Å². The molecule has 0 aromatic heterocycles. The summed E-state index contributed by atoms with van der Waals surface area (Å²) in [5, 5.41) is 46.3. The van der Waals surface area contributed by atoms with Crippen molar-refractivity contribution in [3.05, 3.63) is 47.5 Å². The number of anilines is 1. The van der Waals surface area contributed by atoms with E-state index in [0.717, 1.165) is 0 Å². The molecule has 0 unspecified atom stereocenters. The normalized spacial score (nSPS) is 24.1. The average Bonchev–Trinajstić information content (AvgIpc) is 3.34. The summed E-state index contributed by atoms with van der Waals surface area (Å²) in [7, 11) is 0.